The van der Waals surface area contributed by atoms with Crippen molar-refractivity contribution < 1.29 is 10.2 Å². The number of hydrogen-bond acceptors (Lipinski definition) is 4. The maximum atomic E-state index is 9.13. The maximum Gasteiger partial charge on any atom is 0.0895 e. The lowest BCUT2D eigenvalue weighted by Gasteiger charge is -2.09. The number of nitrogens with one attached hydrogen (secondary N) is 1. The molecule has 1 unspecified atom stereocenters. The number of aliphatic hydroxyl groups is 2. The topological polar surface area (TPSA) is 70.3 Å². The molecule has 0 saturated heterocycles. The van der Waals surface area contributed by atoms with Crippen LogP contribution < -0.4 is 5.32 Å². The average Bonchev–Trinajstić information content (AvgIpc) is 2.58. The van der Waals surface area contributed by atoms with E-state index >= 15 is 0 Å². The third kappa shape index (κ3) is 3.62. The van der Waals surface area contributed by atoms with Crippen molar-refractivity contribution >= 4 is 0 Å². The molecular weight excluding hydrogens is 194 g/mol. The van der Waals surface area contributed by atoms with E-state index in [1.54, 1.807) is 0 Å². The SMILES string of the molecule is CCn1nc(C)cc1CNCC(O)CO. The number of nitrogens with zero attached hydrogens (tertiary/aromatic N) is 2. The zero-order chi connectivity index (χ0) is 11.3. The smallest absolute Gasteiger partial charge is 0.0895 e. The van der Waals surface area contributed by atoms with Crippen LogP contribution in [0.2, 0.25) is 0 Å². The summed E-state index contributed by atoms with van der Waals surface area (Å²) in [5.74, 6) is 0. The summed E-state index contributed by atoms with van der Waals surface area (Å²) in [6.45, 7) is 5.68. The minimum absolute atomic E-state index is 0.209. The highest BCUT2D eigenvalue weighted by Crippen LogP contribution is 2.02. The predicted octanol–water partition coefficient (Wildman–Crippen LogP) is -0.346. The van der Waals surface area contributed by atoms with Crippen LogP contribution in [-0.2, 0) is 13.1 Å². The van der Waals surface area contributed by atoms with Gasteiger partial charge in [0.2, 0.25) is 0 Å². The van der Waals surface area contributed by atoms with Gasteiger partial charge in [-0.3, -0.25) is 4.68 Å². The van der Waals surface area contributed by atoms with E-state index in [2.05, 4.69) is 10.4 Å². The van der Waals surface area contributed by atoms with Crippen molar-refractivity contribution in [2.75, 3.05) is 13.2 Å². The van der Waals surface area contributed by atoms with Crippen LogP contribution in [0.5, 0.6) is 0 Å². The fourth-order valence-electron chi connectivity index (χ4n) is 1.45. The van der Waals surface area contributed by atoms with E-state index in [-0.39, 0.29) is 6.61 Å². The minimum Gasteiger partial charge on any atom is -0.394 e. The van der Waals surface area contributed by atoms with Gasteiger partial charge in [-0.2, -0.15) is 5.10 Å². The summed E-state index contributed by atoms with van der Waals surface area (Å²) in [4.78, 5) is 0. The van der Waals surface area contributed by atoms with Gasteiger partial charge in [-0.1, -0.05) is 0 Å². The molecule has 5 nitrogen and oxygen atoms in total. The first-order valence-electron chi connectivity index (χ1n) is 5.20. The number of aliphatic hydroxyl groups excluding tert-OH is 2. The van der Waals surface area contributed by atoms with Gasteiger partial charge >= 0.3 is 0 Å². The van der Waals surface area contributed by atoms with Crippen LogP contribution in [0.15, 0.2) is 6.07 Å². The molecule has 0 aliphatic carbocycles. The Morgan fingerprint density at radius 2 is 2.33 bits per heavy atom. The second kappa shape index (κ2) is 5.85. The molecule has 0 radical (unpaired) electrons. The Hall–Kier alpha value is -0.910. The molecule has 0 aliphatic rings. The maximum absolute atomic E-state index is 9.13. The number of aromatic nitrogens is 2. The van der Waals surface area contributed by atoms with Gasteiger partial charge in [-0.15, -0.1) is 0 Å². The Morgan fingerprint density at radius 1 is 1.60 bits per heavy atom. The van der Waals surface area contributed by atoms with Gasteiger partial charge in [0.05, 0.1) is 24.1 Å². The predicted molar refractivity (Wildman–Crippen MR) is 57.4 cm³/mol. The fourth-order valence-corrected chi connectivity index (χ4v) is 1.45. The summed E-state index contributed by atoms with van der Waals surface area (Å²) < 4.78 is 1.92. The number of hydrogen-bond donors (Lipinski definition) is 3. The average molecular weight is 213 g/mol. The van der Waals surface area contributed by atoms with Gasteiger partial charge in [-0.25, -0.2) is 0 Å². The zero-order valence-electron chi connectivity index (χ0n) is 9.27. The summed E-state index contributed by atoms with van der Waals surface area (Å²) in [7, 11) is 0. The Morgan fingerprint density at radius 3 is 2.93 bits per heavy atom. The third-order valence-electron chi connectivity index (χ3n) is 2.18. The number of aryl methyl sites for hydroxylation is 2. The van der Waals surface area contributed by atoms with Gasteiger partial charge in [0.25, 0.3) is 0 Å². The minimum atomic E-state index is -0.691. The van der Waals surface area contributed by atoms with E-state index in [4.69, 9.17) is 10.2 Å². The molecule has 86 valence electrons. The normalized spacial score (nSPS) is 13.1. The van der Waals surface area contributed by atoms with Gasteiger partial charge in [-0.05, 0) is 19.9 Å². The highest BCUT2D eigenvalue weighted by molar-refractivity contribution is 5.08. The molecule has 0 spiro atoms. The van der Waals surface area contributed by atoms with Crippen LogP contribution in [0, 0.1) is 6.92 Å². The third-order valence-corrected chi connectivity index (χ3v) is 2.18. The van der Waals surface area contributed by atoms with Gasteiger partial charge in [0.15, 0.2) is 0 Å². The molecule has 0 aliphatic heterocycles. The van der Waals surface area contributed by atoms with Crippen molar-refractivity contribution in [1.82, 2.24) is 15.1 Å². The largest absolute Gasteiger partial charge is 0.394 e. The molecule has 15 heavy (non-hydrogen) atoms. The van der Waals surface area contributed by atoms with Crippen molar-refractivity contribution in [2.24, 2.45) is 0 Å². The molecule has 1 atom stereocenters. The summed E-state index contributed by atoms with van der Waals surface area (Å²) in [6.07, 6.45) is -0.691. The standard InChI is InChI=1S/C10H19N3O2/c1-3-13-9(4-8(2)12-13)5-11-6-10(15)7-14/h4,10-11,14-15H,3,5-7H2,1-2H3. The molecule has 0 aromatic carbocycles. The molecule has 1 aromatic heterocycles. The van der Waals surface area contributed by atoms with Crippen molar-refractivity contribution in [2.45, 2.75) is 33.0 Å². The lowest BCUT2D eigenvalue weighted by atomic mass is 10.3. The second-order valence-corrected chi connectivity index (χ2v) is 3.56. The van der Waals surface area contributed by atoms with Crippen molar-refractivity contribution in [3.8, 4) is 0 Å². The van der Waals surface area contributed by atoms with Crippen LogP contribution in [-0.4, -0.2) is 39.2 Å². The fraction of sp³-hybridized carbons (Fsp3) is 0.700. The molecule has 1 heterocycles. The molecule has 1 aromatic rings. The Bertz CT molecular complexity index is 299. The molecule has 0 saturated carbocycles. The molecule has 0 fully saturated rings. The first-order valence-corrected chi connectivity index (χ1v) is 5.20. The summed E-state index contributed by atoms with van der Waals surface area (Å²) >= 11 is 0. The monoisotopic (exact) mass is 213 g/mol. The van der Waals surface area contributed by atoms with E-state index in [1.807, 2.05) is 24.6 Å². The van der Waals surface area contributed by atoms with E-state index < -0.39 is 6.10 Å². The Balaban J connectivity index is 2.42. The Kier molecular flexibility index (Phi) is 4.74. The Labute approximate surface area is 89.7 Å². The first-order chi connectivity index (χ1) is 7.17. The summed E-state index contributed by atoms with van der Waals surface area (Å²) in [5, 5.41) is 25.1. The van der Waals surface area contributed by atoms with Crippen LogP contribution >= 0.6 is 0 Å². The van der Waals surface area contributed by atoms with Gasteiger partial charge in [0.1, 0.15) is 0 Å². The summed E-state index contributed by atoms with van der Waals surface area (Å²) in [6, 6.07) is 2.02. The van der Waals surface area contributed by atoms with Crippen LogP contribution in [0.1, 0.15) is 18.3 Å². The van der Waals surface area contributed by atoms with Crippen molar-refractivity contribution in [3.05, 3.63) is 17.5 Å². The lowest BCUT2D eigenvalue weighted by Crippen LogP contribution is -2.29. The second-order valence-electron chi connectivity index (χ2n) is 3.56. The van der Waals surface area contributed by atoms with Gasteiger partial charge in [0, 0.05) is 19.6 Å². The van der Waals surface area contributed by atoms with E-state index in [9.17, 15) is 0 Å². The van der Waals surface area contributed by atoms with E-state index in [0.717, 1.165) is 17.9 Å². The molecule has 1 rings (SSSR count). The van der Waals surface area contributed by atoms with Crippen LogP contribution in [0.4, 0.5) is 0 Å². The highest BCUT2D eigenvalue weighted by atomic mass is 16.3. The molecule has 5 heteroatoms. The molecule has 0 bridgehead atoms. The van der Waals surface area contributed by atoms with Crippen LogP contribution in [0.25, 0.3) is 0 Å². The van der Waals surface area contributed by atoms with Crippen LogP contribution in [0.3, 0.4) is 0 Å². The zero-order valence-corrected chi connectivity index (χ0v) is 9.27. The van der Waals surface area contributed by atoms with Crippen molar-refractivity contribution in [1.29, 1.82) is 0 Å². The lowest BCUT2D eigenvalue weighted by molar-refractivity contribution is 0.0940. The van der Waals surface area contributed by atoms with E-state index in [1.165, 1.54) is 0 Å². The molecule has 3 N–H and O–H groups in total. The molecule has 0 amide bonds. The van der Waals surface area contributed by atoms with Crippen molar-refractivity contribution in [3.63, 3.8) is 0 Å². The first kappa shape index (κ1) is 12.2. The summed E-state index contributed by atoms with van der Waals surface area (Å²) in [5.41, 5.74) is 2.09. The van der Waals surface area contributed by atoms with E-state index in [0.29, 0.717) is 13.1 Å². The quantitative estimate of drug-likeness (QED) is 0.604. The van der Waals surface area contributed by atoms with Gasteiger partial charge < -0.3 is 15.5 Å². The highest BCUT2D eigenvalue weighted by Gasteiger charge is 2.05. The number of rotatable bonds is 6. The molecular formula is C10H19N3O2.